The van der Waals surface area contributed by atoms with Gasteiger partial charge in [0.1, 0.15) is 12.4 Å². The number of rotatable bonds is 9. The van der Waals surface area contributed by atoms with E-state index < -0.39 is 0 Å². The predicted molar refractivity (Wildman–Crippen MR) is 55.7 cm³/mol. The Morgan fingerprint density at radius 1 is 1.07 bits per heavy atom. The first kappa shape index (κ1) is 12.2. The van der Waals surface area contributed by atoms with Gasteiger partial charge in [0.15, 0.2) is 0 Å². The van der Waals surface area contributed by atoms with Crippen molar-refractivity contribution in [3.63, 3.8) is 0 Å². The summed E-state index contributed by atoms with van der Waals surface area (Å²) in [6.45, 7) is 5.64. The minimum absolute atomic E-state index is 0.502. The van der Waals surface area contributed by atoms with Gasteiger partial charge in [-0.1, -0.05) is 0 Å². The molecule has 0 saturated carbocycles. The molecule has 1 aromatic heterocycles. The maximum atomic E-state index is 5.32. The summed E-state index contributed by atoms with van der Waals surface area (Å²) in [5, 5.41) is 0. The smallest absolute Gasteiger partial charge is 0.129 e. The molecule has 0 radical (unpaired) electrons. The Morgan fingerprint density at radius 3 is 2.47 bits per heavy atom. The molecule has 0 N–H and O–H groups in total. The molecule has 0 bridgehead atoms. The zero-order valence-electron chi connectivity index (χ0n) is 9.11. The molecule has 0 fully saturated rings. The molecule has 1 aromatic rings. The average Bonchev–Trinajstić information content (AvgIpc) is 2.75. The summed E-state index contributed by atoms with van der Waals surface area (Å²) >= 11 is 0. The SMILES string of the molecule is CCOCCOCCOCc1ccco1. The minimum Gasteiger partial charge on any atom is -0.467 e. The lowest BCUT2D eigenvalue weighted by Crippen LogP contribution is -2.09. The Bertz CT molecular complexity index is 221. The van der Waals surface area contributed by atoms with Crippen molar-refractivity contribution in [1.29, 1.82) is 0 Å². The zero-order chi connectivity index (χ0) is 10.8. The van der Waals surface area contributed by atoms with E-state index in [0.29, 0.717) is 33.0 Å². The summed E-state index contributed by atoms with van der Waals surface area (Å²) in [5.41, 5.74) is 0. The first-order chi connectivity index (χ1) is 7.43. The van der Waals surface area contributed by atoms with E-state index in [4.69, 9.17) is 18.6 Å². The summed E-state index contributed by atoms with van der Waals surface area (Å²) in [4.78, 5) is 0. The van der Waals surface area contributed by atoms with E-state index in [9.17, 15) is 0 Å². The maximum Gasteiger partial charge on any atom is 0.129 e. The van der Waals surface area contributed by atoms with Gasteiger partial charge in [-0.05, 0) is 19.1 Å². The predicted octanol–water partition coefficient (Wildman–Crippen LogP) is 1.85. The topological polar surface area (TPSA) is 40.8 Å². The molecule has 0 aromatic carbocycles. The molecule has 4 nitrogen and oxygen atoms in total. The van der Waals surface area contributed by atoms with Gasteiger partial charge in [0.2, 0.25) is 0 Å². The molecule has 1 rings (SSSR count). The minimum atomic E-state index is 0.502. The molecular formula is C11H18O4. The normalized spacial score (nSPS) is 10.7. The van der Waals surface area contributed by atoms with E-state index in [1.54, 1.807) is 6.26 Å². The van der Waals surface area contributed by atoms with Crippen LogP contribution in [0.2, 0.25) is 0 Å². The highest BCUT2D eigenvalue weighted by Gasteiger charge is 1.95. The summed E-state index contributed by atoms with van der Waals surface area (Å²) in [6, 6.07) is 3.73. The second kappa shape index (κ2) is 8.47. The molecule has 0 aliphatic carbocycles. The van der Waals surface area contributed by atoms with Gasteiger partial charge in [-0.25, -0.2) is 0 Å². The van der Waals surface area contributed by atoms with Crippen molar-refractivity contribution >= 4 is 0 Å². The first-order valence-corrected chi connectivity index (χ1v) is 5.19. The molecular weight excluding hydrogens is 196 g/mol. The average molecular weight is 214 g/mol. The Hall–Kier alpha value is -0.840. The molecule has 0 spiro atoms. The molecule has 0 atom stereocenters. The second-order valence-electron chi connectivity index (χ2n) is 2.94. The van der Waals surface area contributed by atoms with Gasteiger partial charge in [-0.15, -0.1) is 0 Å². The first-order valence-electron chi connectivity index (χ1n) is 5.19. The van der Waals surface area contributed by atoms with Gasteiger partial charge in [0, 0.05) is 6.61 Å². The Balaban J connectivity index is 1.81. The fourth-order valence-electron chi connectivity index (χ4n) is 1.05. The lowest BCUT2D eigenvalue weighted by molar-refractivity contribution is 0.00965. The third-order valence-electron chi connectivity index (χ3n) is 1.77. The van der Waals surface area contributed by atoms with Crippen LogP contribution in [0.3, 0.4) is 0 Å². The van der Waals surface area contributed by atoms with E-state index in [1.165, 1.54) is 0 Å². The van der Waals surface area contributed by atoms with Crippen molar-refractivity contribution in [3.05, 3.63) is 24.2 Å². The lowest BCUT2D eigenvalue weighted by Gasteiger charge is -2.04. The quantitative estimate of drug-likeness (QED) is 0.588. The van der Waals surface area contributed by atoms with E-state index in [-0.39, 0.29) is 0 Å². The number of furan rings is 1. The number of hydrogen-bond donors (Lipinski definition) is 0. The molecule has 0 unspecified atom stereocenters. The van der Waals surface area contributed by atoms with Crippen molar-refractivity contribution in [2.75, 3.05) is 33.0 Å². The monoisotopic (exact) mass is 214 g/mol. The van der Waals surface area contributed by atoms with Gasteiger partial charge in [0.25, 0.3) is 0 Å². The largest absolute Gasteiger partial charge is 0.467 e. The number of hydrogen-bond acceptors (Lipinski definition) is 4. The van der Waals surface area contributed by atoms with Crippen LogP contribution in [0.15, 0.2) is 22.8 Å². The van der Waals surface area contributed by atoms with Crippen molar-refractivity contribution in [3.8, 4) is 0 Å². The van der Waals surface area contributed by atoms with Crippen LogP contribution in [0.25, 0.3) is 0 Å². The standard InChI is InChI=1S/C11H18O4/c1-2-12-6-7-13-8-9-14-10-11-4-3-5-15-11/h3-5H,2,6-10H2,1H3. The van der Waals surface area contributed by atoms with Crippen molar-refractivity contribution in [1.82, 2.24) is 0 Å². The summed E-state index contributed by atoms with van der Waals surface area (Å²) in [6.07, 6.45) is 1.64. The molecule has 0 saturated heterocycles. The van der Waals surface area contributed by atoms with Crippen LogP contribution in [0.5, 0.6) is 0 Å². The number of ether oxygens (including phenoxy) is 3. The Kier molecular flexibility index (Phi) is 6.90. The second-order valence-corrected chi connectivity index (χ2v) is 2.94. The third kappa shape index (κ3) is 6.28. The van der Waals surface area contributed by atoms with Crippen molar-refractivity contribution < 1.29 is 18.6 Å². The van der Waals surface area contributed by atoms with Crippen molar-refractivity contribution in [2.45, 2.75) is 13.5 Å². The van der Waals surface area contributed by atoms with Crippen LogP contribution in [-0.4, -0.2) is 33.0 Å². The summed E-state index contributed by atoms with van der Waals surface area (Å²) in [7, 11) is 0. The van der Waals surface area contributed by atoms with Crippen molar-refractivity contribution in [2.24, 2.45) is 0 Å². The molecule has 0 aliphatic heterocycles. The lowest BCUT2D eigenvalue weighted by atomic mass is 10.5. The van der Waals surface area contributed by atoms with Crippen LogP contribution < -0.4 is 0 Å². The zero-order valence-corrected chi connectivity index (χ0v) is 9.11. The Labute approximate surface area is 90.1 Å². The van der Waals surface area contributed by atoms with Crippen LogP contribution >= 0.6 is 0 Å². The van der Waals surface area contributed by atoms with E-state index in [0.717, 1.165) is 12.4 Å². The van der Waals surface area contributed by atoms with E-state index in [1.807, 2.05) is 19.1 Å². The fraction of sp³-hybridized carbons (Fsp3) is 0.636. The summed E-state index contributed by atoms with van der Waals surface area (Å²) in [5.74, 6) is 0.837. The highest BCUT2D eigenvalue weighted by atomic mass is 16.5. The van der Waals surface area contributed by atoms with Gasteiger partial charge < -0.3 is 18.6 Å². The summed E-state index contributed by atoms with van der Waals surface area (Å²) < 4.78 is 20.8. The van der Waals surface area contributed by atoms with Crippen LogP contribution in [0.4, 0.5) is 0 Å². The van der Waals surface area contributed by atoms with Gasteiger partial charge in [0.05, 0.1) is 32.7 Å². The van der Waals surface area contributed by atoms with Gasteiger partial charge in [-0.3, -0.25) is 0 Å². The van der Waals surface area contributed by atoms with Crippen LogP contribution in [0.1, 0.15) is 12.7 Å². The van der Waals surface area contributed by atoms with E-state index >= 15 is 0 Å². The van der Waals surface area contributed by atoms with Crippen LogP contribution in [0, 0.1) is 0 Å². The fourth-order valence-corrected chi connectivity index (χ4v) is 1.05. The van der Waals surface area contributed by atoms with Gasteiger partial charge in [-0.2, -0.15) is 0 Å². The molecule has 0 amide bonds. The third-order valence-corrected chi connectivity index (χ3v) is 1.77. The highest BCUT2D eigenvalue weighted by molar-refractivity contribution is 4.95. The Morgan fingerprint density at radius 2 is 1.80 bits per heavy atom. The molecule has 15 heavy (non-hydrogen) atoms. The van der Waals surface area contributed by atoms with Gasteiger partial charge >= 0.3 is 0 Å². The van der Waals surface area contributed by atoms with E-state index in [2.05, 4.69) is 0 Å². The highest BCUT2D eigenvalue weighted by Crippen LogP contribution is 2.01. The molecule has 0 aliphatic rings. The molecule has 86 valence electrons. The molecule has 4 heteroatoms. The van der Waals surface area contributed by atoms with Crippen LogP contribution in [-0.2, 0) is 20.8 Å². The maximum absolute atomic E-state index is 5.32. The molecule has 1 heterocycles.